The fraction of sp³-hybridized carbons (Fsp3) is 0.467. The van der Waals surface area contributed by atoms with Gasteiger partial charge in [0.05, 0.1) is 11.4 Å². The van der Waals surface area contributed by atoms with E-state index < -0.39 is 17.6 Å². The van der Waals surface area contributed by atoms with Crippen molar-refractivity contribution in [1.29, 1.82) is 0 Å². The first-order valence-corrected chi connectivity index (χ1v) is 7.70. The zero-order valence-electron chi connectivity index (χ0n) is 13.0. The van der Waals surface area contributed by atoms with Crippen molar-refractivity contribution in [2.75, 3.05) is 11.1 Å². The van der Waals surface area contributed by atoms with Crippen molar-refractivity contribution in [2.45, 2.75) is 45.3 Å². The van der Waals surface area contributed by atoms with Gasteiger partial charge >= 0.3 is 5.97 Å². The summed E-state index contributed by atoms with van der Waals surface area (Å²) in [5.74, 6) is -0.921. The predicted molar refractivity (Wildman–Crippen MR) is 90.2 cm³/mol. The SMILES string of the molecule is CC(C)(C)OC(=O)CCC(Nc1ccc(Br)cc1N)C(N)=O. The zero-order valence-corrected chi connectivity index (χ0v) is 14.6. The highest BCUT2D eigenvalue weighted by Gasteiger charge is 2.21. The number of nitrogen functional groups attached to an aromatic ring is 1. The molecule has 1 amide bonds. The van der Waals surface area contributed by atoms with E-state index in [1.54, 1.807) is 39.0 Å². The maximum atomic E-state index is 11.7. The fourth-order valence-corrected chi connectivity index (χ4v) is 2.17. The molecular formula is C15H22BrN3O3. The zero-order chi connectivity index (χ0) is 16.9. The number of ether oxygens (including phenoxy) is 1. The van der Waals surface area contributed by atoms with Gasteiger partial charge in [-0.2, -0.15) is 0 Å². The van der Waals surface area contributed by atoms with Gasteiger partial charge in [-0.15, -0.1) is 0 Å². The molecule has 0 aromatic heterocycles. The van der Waals surface area contributed by atoms with Gasteiger partial charge in [-0.25, -0.2) is 0 Å². The maximum Gasteiger partial charge on any atom is 0.306 e. The number of carbonyl (C=O) groups excluding carboxylic acids is 2. The summed E-state index contributed by atoms with van der Waals surface area (Å²) in [6.45, 7) is 5.37. The van der Waals surface area contributed by atoms with Crippen LogP contribution in [0.4, 0.5) is 11.4 Å². The molecule has 1 unspecified atom stereocenters. The minimum Gasteiger partial charge on any atom is -0.460 e. The molecule has 5 N–H and O–H groups in total. The van der Waals surface area contributed by atoms with Crippen molar-refractivity contribution >= 4 is 39.2 Å². The monoisotopic (exact) mass is 371 g/mol. The average molecular weight is 372 g/mol. The summed E-state index contributed by atoms with van der Waals surface area (Å²) in [7, 11) is 0. The summed E-state index contributed by atoms with van der Waals surface area (Å²) in [5.41, 5.74) is 11.8. The number of nitrogens with one attached hydrogen (secondary N) is 1. The number of hydrogen-bond acceptors (Lipinski definition) is 5. The fourth-order valence-electron chi connectivity index (χ4n) is 1.79. The number of carbonyl (C=O) groups is 2. The molecule has 1 atom stereocenters. The van der Waals surface area contributed by atoms with Crippen molar-refractivity contribution < 1.29 is 14.3 Å². The summed E-state index contributed by atoms with van der Waals surface area (Å²) < 4.78 is 6.04. The van der Waals surface area contributed by atoms with Crippen molar-refractivity contribution in [1.82, 2.24) is 0 Å². The second-order valence-electron chi connectivity index (χ2n) is 5.96. The molecule has 7 heteroatoms. The van der Waals surface area contributed by atoms with Gasteiger partial charge in [0.25, 0.3) is 0 Å². The number of halogens is 1. The topological polar surface area (TPSA) is 107 Å². The van der Waals surface area contributed by atoms with E-state index in [0.29, 0.717) is 11.4 Å². The lowest BCUT2D eigenvalue weighted by Crippen LogP contribution is -2.36. The molecule has 0 saturated heterocycles. The third-order valence-electron chi connectivity index (χ3n) is 2.74. The van der Waals surface area contributed by atoms with E-state index in [1.165, 1.54) is 0 Å². The van der Waals surface area contributed by atoms with Gasteiger partial charge in [0.2, 0.25) is 5.91 Å². The van der Waals surface area contributed by atoms with E-state index in [1.807, 2.05) is 0 Å². The Labute approximate surface area is 138 Å². The van der Waals surface area contributed by atoms with Crippen molar-refractivity contribution in [3.8, 4) is 0 Å². The van der Waals surface area contributed by atoms with Crippen LogP contribution in [-0.2, 0) is 14.3 Å². The Morgan fingerprint density at radius 2 is 2.00 bits per heavy atom. The lowest BCUT2D eigenvalue weighted by atomic mass is 10.1. The number of nitrogens with two attached hydrogens (primary N) is 2. The van der Waals surface area contributed by atoms with E-state index in [9.17, 15) is 9.59 Å². The predicted octanol–water partition coefficient (Wildman–Crippen LogP) is 2.42. The molecule has 0 spiro atoms. The van der Waals surface area contributed by atoms with Crippen LogP contribution in [0.15, 0.2) is 22.7 Å². The number of primary amides is 1. The highest BCUT2D eigenvalue weighted by Crippen LogP contribution is 2.24. The number of amides is 1. The number of anilines is 2. The van der Waals surface area contributed by atoms with E-state index in [-0.39, 0.29) is 18.8 Å². The normalized spacial score (nSPS) is 12.5. The lowest BCUT2D eigenvalue weighted by Gasteiger charge is -2.21. The summed E-state index contributed by atoms with van der Waals surface area (Å²) >= 11 is 3.31. The van der Waals surface area contributed by atoms with E-state index in [0.717, 1.165) is 4.47 Å². The van der Waals surface area contributed by atoms with Crippen LogP contribution >= 0.6 is 15.9 Å². The molecule has 0 bridgehead atoms. The molecular weight excluding hydrogens is 350 g/mol. The Balaban J connectivity index is 2.67. The Kier molecular flexibility index (Phi) is 6.22. The lowest BCUT2D eigenvalue weighted by molar-refractivity contribution is -0.154. The minimum absolute atomic E-state index is 0.0916. The van der Waals surface area contributed by atoms with Crippen LogP contribution in [0.2, 0.25) is 0 Å². The number of benzene rings is 1. The van der Waals surface area contributed by atoms with Crippen LogP contribution in [0, 0.1) is 0 Å². The van der Waals surface area contributed by atoms with Crippen molar-refractivity contribution in [2.24, 2.45) is 5.73 Å². The van der Waals surface area contributed by atoms with Gasteiger partial charge in [0, 0.05) is 10.9 Å². The largest absolute Gasteiger partial charge is 0.460 e. The Hall–Kier alpha value is -1.76. The quantitative estimate of drug-likeness (QED) is 0.525. The second kappa shape index (κ2) is 7.49. The van der Waals surface area contributed by atoms with Gasteiger partial charge in [-0.1, -0.05) is 15.9 Å². The first-order chi connectivity index (χ1) is 10.1. The van der Waals surface area contributed by atoms with Gasteiger partial charge in [-0.3, -0.25) is 9.59 Å². The molecule has 1 aromatic carbocycles. The van der Waals surface area contributed by atoms with Gasteiger partial charge in [0.15, 0.2) is 0 Å². The average Bonchev–Trinajstić information content (AvgIpc) is 2.34. The number of esters is 1. The van der Waals surface area contributed by atoms with Gasteiger partial charge in [0.1, 0.15) is 11.6 Å². The van der Waals surface area contributed by atoms with Crippen LogP contribution < -0.4 is 16.8 Å². The van der Waals surface area contributed by atoms with Crippen LogP contribution in [-0.4, -0.2) is 23.5 Å². The summed E-state index contributed by atoms with van der Waals surface area (Å²) in [5, 5.41) is 2.96. The molecule has 0 fully saturated rings. The third kappa shape index (κ3) is 6.34. The highest BCUT2D eigenvalue weighted by atomic mass is 79.9. The molecule has 1 rings (SSSR count). The van der Waals surface area contributed by atoms with E-state index in [2.05, 4.69) is 21.2 Å². The van der Waals surface area contributed by atoms with Crippen molar-refractivity contribution in [3.63, 3.8) is 0 Å². The first-order valence-electron chi connectivity index (χ1n) is 6.91. The van der Waals surface area contributed by atoms with Crippen molar-refractivity contribution in [3.05, 3.63) is 22.7 Å². The van der Waals surface area contributed by atoms with Gasteiger partial charge in [-0.05, 0) is 45.4 Å². The summed E-state index contributed by atoms with van der Waals surface area (Å²) in [6, 6.07) is 4.55. The Morgan fingerprint density at radius 1 is 1.36 bits per heavy atom. The van der Waals surface area contributed by atoms with Gasteiger partial charge < -0.3 is 21.5 Å². The molecule has 0 saturated carbocycles. The Bertz CT molecular complexity index is 555. The molecule has 22 heavy (non-hydrogen) atoms. The molecule has 0 aliphatic rings. The molecule has 0 aliphatic heterocycles. The second-order valence-corrected chi connectivity index (χ2v) is 6.87. The molecule has 0 radical (unpaired) electrons. The minimum atomic E-state index is -0.698. The van der Waals surface area contributed by atoms with Crippen LogP contribution in [0.3, 0.4) is 0 Å². The number of hydrogen-bond donors (Lipinski definition) is 3. The molecule has 6 nitrogen and oxygen atoms in total. The van der Waals surface area contributed by atoms with E-state index >= 15 is 0 Å². The maximum absolute atomic E-state index is 11.7. The molecule has 122 valence electrons. The number of rotatable bonds is 6. The smallest absolute Gasteiger partial charge is 0.306 e. The summed E-state index contributed by atoms with van der Waals surface area (Å²) in [6.07, 6.45) is 0.327. The Morgan fingerprint density at radius 3 is 2.50 bits per heavy atom. The molecule has 0 aliphatic carbocycles. The molecule has 1 aromatic rings. The van der Waals surface area contributed by atoms with Crippen LogP contribution in [0.25, 0.3) is 0 Å². The van der Waals surface area contributed by atoms with Crippen LogP contribution in [0.5, 0.6) is 0 Å². The summed E-state index contributed by atoms with van der Waals surface area (Å²) in [4.78, 5) is 23.3. The standard InChI is InChI=1S/C15H22BrN3O3/c1-15(2,3)22-13(20)7-6-12(14(18)21)19-11-5-4-9(16)8-10(11)17/h4-5,8,12,19H,6-7,17H2,1-3H3,(H2,18,21). The first kappa shape index (κ1) is 18.3. The van der Waals surface area contributed by atoms with E-state index in [4.69, 9.17) is 16.2 Å². The third-order valence-corrected chi connectivity index (χ3v) is 3.24. The molecule has 0 heterocycles. The van der Waals surface area contributed by atoms with Crippen LogP contribution in [0.1, 0.15) is 33.6 Å². The highest BCUT2D eigenvalue weighted by molar-refractivity contribution is 9.10.